The normalized spacial score (nSPS) is 21.7. The number of thioether (sulfide) groups is 1. The van der Waals surface area contributed by atoms with Crippen LogP contribution in [-0.2, 0) is 11.3 Å². The van der Waals surface area contributed by atoms with Gasteiger partial charge in [-0.2, -0.15) is 11.8 Å². The molecule has 1 aliphatic heterocycles. The van der Waals surface area contributed by atoms with E-state index in [9.17, 15) is 4.79 Å². The molecular weight excluding hydrogens is 504 g/mol. The second kappa shape index (κ2) is 11.5. The van der Waals surface area contributed by atoms with Gasteiger partial charge in [0.05, 0.1) is 17.4 Å². The third kappa shape index (κ3) is 5.76. The third-order valence-electron chi connectivity index (χ3n) is 7.81. The molecule has 2 amide bonds. The molecule has 204 valence electrons. The molecule has 0 bridgehead atoms. The molecule has 0 spiro atoms. The van der Waals surface area contributed by atoms with E-state index in [2.05, 4.69) is 60.6 Å². The van der Waals surface area contributed by atoms with Crippen molar-refractivity contribution in [2.45, 2.75) is 39.0 Å². The van der Waals surface area contributed by atoms with Crippen molar-refractivity contribution in [3.63, 3.8) is 0 Å². The summed E-state index contributed by atoms with van der Waals surface area (Å²) in [7, 11) is 1.70. The van der Waals surface area contributed by atoms with E-state index < -0.39 is 5.60 Å². The lowest BCUT2D eigenvalue weighted by molar-refractivity contribution is -0.0665. The van der Waals surface area contributed by atoms with Crippen LogP contribution in [0.2, 0.25) is 0 Å². The number of amides is 2. The molecule has 2 unspecified atom stereocenters. The lowest BCUT2D eigenvalue weighted by atomic mass is 9.70. The van der Waals surface area contributed by atoms with Gasteiger partial charge < -0.3 is 15.4 Å². The number of pyridine rings is 1. The molecule has 3 aromatic rings. The Bertz CT molecular complexity index is 1370. The summed E-state index contributed by atoms with van der Waals surface area (Å²) in [5, 5.41) is 8.28. The Hall–Kier alpha value is -3.13. The fourth-order valence-corrected chi connectivity index (χ4v) is 6.60. The number of rotatable bonds is 6. The number of hydrogen-bond donors (Lipinski definition) is 2. The molecule has 6 nitrogen and oxygen atoms in total. The maximum atomic E-state index is 13.3. The monoisotopic (exact) mass is 542 g/mol. The number of aromatic nitrogens is 1. The van der Waals surface area contributed by atoms with Crippen LogP contribution < -0.4 is 10.6 Å². The first-order valence-electron chi connectivity index (χ1n) is 13.6. The van der Waals surface area contributed by atoms with E-state index in [4.69, 9.17) is 9.72 Å². The molecule has 7 heteroatoms. The number of carbonyl (C=O) groups is 1. The molecule has 1 aliphatic carbocycles. The van der Waals surface area contributed by atoms with Crippen LogP contribution in [0.5, 0.6) is 0 Å². The minimum absolute atomic E-state index is 0.230. The van der Waals surface area contributed by atoms with Crippen molar-refractivity contribution in [2.24, 2.45) is 5.41 Å². The van der Waals surface area contributed by atoms with Gasteiger partial charge in [0.15, 0.2) is 0 Å². The van der Waals surface area contributed by atoms with Crippen molar-refractivity contribution in [3.8, 4) is 11.1 Å². The van der Waals surface area contributed by atoms with Gasteiger partial charge in [-0.25, -0.2) is 4.79 Å². The van der Waals surface area contributed by atoms with Crippen molar-refractivity contribution in [1.29, 1.82) is 0 Å². The Morgan fingerprint density at radius 1 is 1.08 bits per heavy atom. The molecule has 2 aliphatic rings. The first-order valence-corrected chi connectivity index (χ1v) is 14.7. The Labute approximate surface area is 235 Å². The Balaban J connectivity index is 1.35. The summed E-state index contributed by atoms with van der Waals surface area (Å²) in [6.45, 7) is 9.49. The average Bonchev–Trinajstić information content (AvgIpc) is 2.94. The van der Waals surface area contributed by atoms with Gasteiger partial charge in [0.2, 0.25) is 0 Å². The Kier molecular flexibility index (Phi) is 8.12. The van der Waals surface area contributed by atoms with Gasteiger partial charge in [-0.3, -0.25) is 9.88 Å². The number of nitrogens with one attached hydrogen (secondary N) is 2. The molecule has 39 heavy (non-hydrogen) atoms. The Morgan fingerprint density at radius 3 is 2.54 bits per heavy atom. The number of benzene rings is 2. The van der Waals surface area contributed by atoms with E-state index in [1.54, 1.807) is 7.11 Å². The fourth-order valence-electron chi connectivity index (χ4n) is 5.62. The van der Waals surface area contributed by atoms with Crippen LogP contribution in [0.15, 0.2) is 79.0 Å². The molecule has 5 rings (SSSR count). The van der Waals surface area contributed by atoms with Crippen molar-refractivity contribution >= 4 is 34.3 Å². The number of anilines is 1. The molecule has 2 heterocycles. The van der Waals surface area contributed by atoms with Crippen molar-refractivity contribution in [3.05, 3.63) is 84.7 Å². The molecule has 2 N–H and O–H groups in total. The standard InChI is InChI=1S/C32H38N4O2S/c1-31(2,3)32(38-4)16-8-7-11-29(32)35-30(37)34-28-15-14-25(26-9-5-6-10-27(26)28)23-12-13-24(33-21-23)22-36-17-19-39-20-18-36/h5-16,21,29H,17-20,22H2,1-4H3,(H2,34,35,37). The summed E-state index contributed by atoms with van der Waals surface area (Å²) >= 11 is 2.02. The first kappa shape index (κ1) is 27.4. The second-order valence-electron chi connectivity index (χ2n) is 11.2. The lowest BCUT2D eigenvalue weighted by Gasteiger charge is -2.47. The molecule has 0 radical (unpaired) electrons. The van der Waals surface area contributed by atoms with Gasteiger partial charge >= 0.3 is 6.03 Å². The van der Waals surface area contributed by atoms with Gasteiger partial charge in [-0.1, -0.05) is 75.4 Å². The van der Waals surface area contributed by atoms with Crippen molar-refractivity contribution in [2.75, 3.05) is 37.0 Å². The number of methoxy groups -OCH3 is 1. The van der Waals surface area contributed by atoms with Gasteiger partial charge in [-0.05, 0) is 34.6 Å². The number of allylic oxidation sites excluding steroid dienone is 2. The van der Waals surface area contributed by atoms with Crippen molar-refractivity contribution in [1.82, 2.24) is 15.2 Å². The number of nitrogens with zero attached hydrogens (tertiary/aromatic N) is 2. The minimum Gasteiger partial charge on any atom is -0.371 e. The quantitative estimate of drug-likeness (QED) is 0.372. The zero-order valence-electron chi connectivity index (χ0n) is 23.2. The molecule has 1 aromatic heterocycles. The molecule has 2 aromatic carbocycles. The maximum Gasteiger partial charge on any atom is 0.319 e. The number of urea groups is 1. The zero-order valence-corrected chi connectivity index (χ0v) is 24.1. The molecule has 1 fully saturated rings. The van der Waals surface area contributed by atoms with Gasteiger partial charge in [0, 0.05) is 55.4 Å². The van der Waals surface area contributed by atoms with Crippen molar-refractivity contribution < 1.29 is 9.53 Å². The number of carbonyl (C=O) groups excluding carboxylic acids is 1. The number of hydrogen-bond acceptors (Lipinski definition) is 5. The number of ether oxygens (including phenoxy) is 1. The highest BCUT2D eigenvalue weighted by Crippen LogP contribution is 2.40. The predicted octanol–water partition coefficient (Wildman–Crippen LogP) is 6.50. The molecular formula is C32H38N4O2S. The summed E-state index contributed by atoms with van der Waals surface area (Å²) in [5.74, 6) is 2.39. The summed E-state index contributed by atoms with van der Waals surface area (Å²) in [6, 6.07) is 15.9. The molecule has 2 atom stereocenters. The van der Waals surface area contributed by atoms with E-state index in [0.717, 1.165) is 52.9 Å². The molecule has 1 saturated heterocycles. The van der Waals surface area contributed by atoms with Crippen LogP contribution in [0.1, 0.15) is 26.5 Å². The van der Waals surface area contributed by atoms with Gasteiger partial charge in [0.1, 0.15) is 5.60 Å². The van der Waals surface area contributed by atoms with Gasteiger partial charge in [-0.15, -0.1) is 0 Å². The SMILES string of the molecule is COC1(C(C)(C)C)C=CC=CC1NC(=O)Nc1ccc(-c2ccc(CN3CCSCC3)nc2)c2ccccc12. The van der Waals surface area contributed by atoms with E-state index in [1.165, 1.54) is 11.5 Å². The summed E-state index contributed by atoms with van der Waals surface area (Å²) < 4.78 is 6.00. The highest BCUT2D eigenvalue weighted by Gasteiger charge is 2.47. The maximum absolute atomic E-state index is 13.3. The fraction of sp³-hybridized carbons (Fsp3) is 0.375. The molecule has 0 saturated carbocycles. The predicted molar refractivity (Wildman–Crippen MR) is 163 cm³/mol. The lowest BCUT2D eigenvalue weighted by Crippen LogP contribution is -2.59. The minimum atomic E-state index is -0.656. The van der Waals surface area contributed by atoms with E-state index in [1.807, 2.05) is 66.5 Å². The van der Waals surface area contributed by atoms with E-state index in [-0.39, 0.29) is 17.5 Å². The van der Waals surface area contributed by atoms with Crippen LogP contribution >= 0.6 is 11.8 Å². The third-order valence-corrected chi connectivity index (χ3v) is 8.76. The highest BCUT2D eigenvalue weighted by molar-refractivity contribution is 7.99. The first-order chi connectivity index (χ1) is 18.8. The van der Waals surface area contributed by atoms with E-state index >= 15 is 0 Å². The highest BCUT2D eigenvalue weighted by atomic mass is 32.2. The van der Waals surface area contributed by atoms with Crippen LogP contribution in [0.4, 0.5) is 10.5 Å². The largest absolute Gasteiger partial charge is 0.371 e. The smallest absolute Gasteiger partial charge is 0.319 e. The van der Waals surface area contributed by atoms with Gasteiger partial charge in [0.25, 0.3) is 0 Å². The number of fused-ring (bicyclic) bond motifs is 1. The van der Waals surface area contributed by atoms with Crippen LogP contribution in [0, 0.1) is 5.41 Å². The Morgan fingerprint density at radius 2 is 1.85 bits per heavy atom. The van der Waals surface area contributed by atoms with Crippen LogP contribution in [0.25, 0.3) is 21.9 Å². The average molecular weight is 543 g/mol. The van der Waals surface area contributed by atoms with E-state index in [0.29, 0.717) is 0 Å². The summed E-state index contributed by atoms with van der Waals surface area (Å²) in [4.78, 5) is 20.5. The summed E-state index contributed by atoms with van der Waals surface area (Å²) in [6.07, 6.45) is 9.91. The van der Waals surface area contributed by atoms with Crippen LogP contribution in [-0.4, -0.2) is 59.3 Å². The zero-order chi connectivity index (χ0) is 27.5. The van der Waals surface area contributed by atoms with Crippen LogP contribution in [0.3, 0.4) is 0 Å². The topological polar surface area (TPSA) is 66.5 Å². The summed E-state index contributed by atoms with van der Waals surface area (Å²) in [5.41, 5.74) is 3.13. The second-order valence-corrected chi connectivity index (χ2v) is 12.4.